The lowest BCUT2D eigenvalue weighted by Gasteiger charge is -1.99. The van der Waals surface area contributed by atoms with E-state index in [9.17, 15) is 4.79 Å². The van der Waals surface area contributed by atoms with Gasteiger partial charge in [0, 0.05) is 12.4 Å². The molecule has 0 bridgehead atoms. The standard InChI is InChI=1S/C9H13NO.C5H6N2O2S.2C2H6/c1-10-7-6-8-2-4-9(11)5-3-8;1-6-5-7-3(2-10-5)4(8)9;2*1-2/h2-5,10-11H,6-7H2,1H3;2H,1H3,(H,6,7)(H,8,9);2*1-2H3. The summed E-state index contributed by atoms with van der Waals surface area (Å²) in [5.74, 6) is -0.657. The number of likely N-dealkylation sites (N-methyl/N-ethyl adjacent to an activating group) is 1. The van der Waals surface area contributed by atoms with Crippen LogP contribution in [0, 0.1) is 0 Å². The second kappa shape index (κ2) is 16.7. The molecule has 0 aliphatic carbocycles. The zero-order chi connectivity index (χ0) is 19.7. The number of aromatic nitrogens is 1. The number of carboxylic acid groups (broad SMARTS) is 1. The molecule has 142 valence electrons. The Hall–Kier alpha value is -2.12. The fourth-order valence-corrected chi connectivity index (χ4v) is 2.06. The van der Waals surface area contributed by atoms with Gasteiger partial charge in [0.1, 0.15) is 5.75 Å². The zero-order valence-electron chi connectivity index (χ0n) is 16.0. The van der Waals surface area contributed by atoms with Crippen molar-refractivity contribution in [2.75, 3.05) is 26.0 Å². The molecule has 0 aliphatic heterocycles. The number of hydrogen-bond donors (Lipinski definition) is 4. The highest BCUT2D eigenvalue weighted by atomic mass is 32.1. The van der Waals surface area contributed by atoms with Gasteiger partial charge in [-0.2, -0.15) is 0 Å². The van der Waals surface area contributed by atoms with E-state index in [0.717, 1.165) is 13.0 Å². The monoisotopic (exact) mass is 369 g/mol. The van der Waals surface area contributed by atoms with Gasteiger partial charge in [-0.05, 0) is 37.7 Å². The molecule has 1 heterocycles. The lowest BCUT2D eigenvalue weighted by molar-refractivity contribution is 0.0691. The Balaban J connectivity index is 0. The van der Waals surface area contributed by atoms with Crippen LogP contribution >= 0.6 is 11.3 Å². The lowest BCUT2D eigenvalue weighted by atomic mass is 10.1. The van der Waals surface area contributed by atoms with Crippen LogP contribution in [-0.4, -0.2) is 41.8 Å². The average Bonchev–Trinajstić information content (AvgIpc) is 3.15. The maximum atomic E-state index is 10.2. The number of nitrogens with one attached hydrogen (secondary N) is 2. The number of nitrogens with zero attached hydrogens (tertiary/aromatic N) is 1. The molecule has 2 rings (SSSR count). The van der Waals surface area contributed by atoms with Crippen LogP contribution in [0.3, 0.4) is 0 Å². The largest absolute Gasteiger partial charge is 0.508 e. The third-order valence-corrected chi connectivity index (χ3v) is 3.40. The van der Waals surface area contributed by atoms with Crippen molar-refractivity contribution in [3.63, 3.8) is 0 Å². The summed E-state index contributed by atoms with van der Waals surface area (Å²) in [4.78, 5) is 14.0. The van der Waals surface area contributed by atoms with E-state index in [4.69, 9.17) is 10.2 Å². The van der Waals surface area contributed by atoms with Crippen molar-refractivity contribution in [3.8, 4) is 5.75 Å². The van der Waals surface area contributed by atoms with E-state index in [0.29, 0.717) is 10.9 Å². The summed E-state index contributed by atoms with van der Waals surface area (Å²) in [6.45, 7) is 8.98. The summed E-state index contributed by atoms with van der Waals surface area (Å²) in [6.07, 6.45) is 1.01. The number of aromatic carboxylic acids is 1. The van der Waals surface area contributed by atoms with E-state index >= 15 is 0 Å². The Morgan fingerprint density at radius 2 is 1.68 bits per heavy atom. The van der Waals surface area contributed by atoms with Crippen LogP contribution in [0.2, 0.25) is 0 Å². The molecule has 0 saturated heterocycles. The number of carboxylic acids is 1. The van der Waals surface area contributed by atoms with Crippen molar-refractivity contribution in [2.24, 2.45) is 0 Å². The van der Waals surface area contributed by atoms with Crippen molar-refractivity contribution in [1.29, 1.82) is 0 Å². The van der Waals surface area contributed by atoms with Crippen LogP contribution in [0.25, 0.3) is 0 Å². The summed E-state index contributed by atoms with van der Waals surface area (Å²) in [7, 11) is 3.63. The smallest absolute Gasteiger partial charge is 0.355 e. The van der Waals surface area contributed by atoms with Gasteiger partial charge in [0.25, 0.3) is 0 Å². The Bertz CT molecular complexity index is 557. The fourth-order valence-electron chi connectivity index (χ4n) is 1.42. The van der Waals surface area contributed by atoms with Crippen LogP contribution in [0.15, 0.2) is 29.6 Å². The number of thiazole rings is 1. The molecule has 0 radical (unpaired) electrons. The normalized spacial score (nSPS) is 8.56. The van der Waals surface area contributed by atoms with Crippen LogP contribution < -0.4 is 10.6 Å². The first-order valence-corrected chi connectivity index (χ1v) is 9.24. The van der Waals surface area contributed by atoms with Crippen LogP contribution in [-0.2, 0) is 6.42 Å². The maximum Gasteiger partial charge on any atom is 0.355 e. The predicted molar refractivity (Wildman–Crippen MR) is 107 cm³/mol. The zero-order valence-corrected chi connectivity index (χ0v) is 16.8. The molecule has 0 atom stereocenters. The number of aromatic hydroxyl groups is 1. The molecular formula is C18H31N3O3S. The van der Waals surface area contributed by atoms with Crippen molar-refractivity contribution in [1.82, 2.24) is 10.3 Å². The first kappa shape index (κ1) is 25.1. The van der Waals surface area contributed by atoms with Crippen molar-refractivity contribution < 1.29 is 15.0 Å². The molecule has 0 unspecified atom stereocenters. The number of benzene rings is 1. The van der Waals surface area contributed by atoms with Gasteiger partial charge in [0.2, 0.25) is 0 Å². The Morgan fingerprint density at radius 1 is 1.12 bits per heavy atom. The summed E-state index contributed by atoms with van der Waals surface area (Å²) in [6, 6.07) is 7.30. The molecule has 4 N–H and O–H groups in total. The van der Waals surface area contributed by atoms with E-state index in [1.807, 2.05) is 46.9 Å². The van der Waals surface area contributed by atoms with Crippen LogP contribution in [0.5, 0.6) is 5.75 Å². The quantitative estimate of drug-likeness (QED) is 0.634. The lowest BCUT2D eigenvalue weighted by Crippen LogP contribution is -2.09. The minimum Gasteiger partial charge on any atom is -0.508 e. The Morgan fingerprint density at radius 3 is 2.04 bits per heavy atom. The third-order valence-electron chi connectivity index (χ3n) is 2.54. The highest BCUT2D eigenvalue weighted by molar-refractivity contribution is 7.13. The average molecular weight is 370 g/mol. The second-order valence-electron chi connectivity index (χ2n) is 4.11. The van der Waals surface area contributed by atoms with Gasteiger partial charge in [-0.15, -0.1) is 11.3 Å². The first-order chi connectivity index (χ1) is 12.1. The van der Waals surface area contributed by atoms with E-state index in [1.54, 1.807) is 19.2 Å². The van der Waals surface area contributed by atoms with E-state index in [1.165, 1.54) is 22.3 Å². The number of carbonyl (C=O) groups is 1. The van der Waals surface area contributed by atoms with E-state index < -0.39 is 5.97 Å². The summed E-state index contributed by atoms with van der Waals surface area (Å²) in [5.41, 5.74) is 1.34. The fraction of sp³-hybridized carbons (Fsp3) is 0.444. The van der Waals surface area contributed by atoms with Crippen molar-refractivity contribution >= 4 is 22.4 Å². The summed E-state index contributed by atoms with van der Waals surface area (Å²) in [5, 5.41) is 25.3. The highest BCUT2D eigenvalue weighted by Crippen LogP contribution is 2.13. The predicted octanol–water partition coefficient (Wildman–Crippen LogP) is 4.09. The first-order valence-electron chi connectivity index (χ1n) is 8.36. The molecule has 0 amide bonds. The highest BCUT2D eigenvalue weighted by Gasteiger charge is 2.06. The topological polar surface area (TPSA) is 94.5 Å². The second-order valence-corrected chi connectivity index (χ2v) is 4.97. The molecule has 1 aromatic carbocycles. The minimum absolute atomic E-state index is 0.0920. The van der Waals surface area contributed by atoms with Gasteiger partial charge in [0.05, 0.1) is 0 Å². The molecule has 25 heavy (non-hydrogen) atoms. The van der Waals surface area contributed by atoms with E-state index in [2.05, 4.69) is 15.6 Å². The van der Waals surface area contributed by atoms with Gasteiger partial charge >= 0.3 is 5.97 Å². The number of rotatable bonds is 5. The molecule has 0 fully saturated rings. The maximum absolute atomic E-state index is 10.2. The number of hydrogen-bond acceptors (Lipinski definition) is 6. The number of phenolic OH excluding ortho intramolecular Hbond substituents is 1. The van der Waals surface area contributed by atoms with Crippen LogP contribution in [0.4, 0.5) is 5.13 Å². The van der Waals surface area contributed by atoms with E-state index in [-0.39, 0.29) is 5.69 Å². The van der Waals surface area contributed by atoms with Gasteiger partial charge in [-0.1, -0.05) is 39.8 Å². The van der Waals surface area contributed by atoms with Crippen molar-refractivity contribution in [2.45, 2.75) is 34.1 Å². The van der Waals surface area contributed by atoms with Crippen LogP contribution in [0.1, 0.15) is 43.7 Å². The number of anilines is 1. The molecule has 2 aromatic rings. The molecular weight excluding hydrogens is 338 g/mol. The Kier molecular flexibility index (Phi) is 16.8. The van der Waals surface area contributed by atoms with Gasteiger partial charge < -0.3 is 20.8 Å². The Labute approximate surface area is 155 Å². The van der Waals surface area contributed by atoms with Crippen molar-refractivity contribution in [3.05, 3.63) is 40.9 Å². The number of phenols is 1. The third kappa shape index (κ3) is 12.0. The molecule has 0 spiro atoms. The van der Waals surface area contributed by atoms with Gasteiger partial charge in [0.15, 0.2) is 10.8 Å². The summed E-state index contributed by atoms with van der Waals surface area (Å²) >= 11 is 1.27. The minimum atomic E-state index is -0.988. The SMILES string of the molecule is CC.CC.CNCCc1ccc(O)cc1.CNc1nc(C(=O)O)cs1. The molecule has 1 aromatic heterocycles. The van der Waals surface area contributed by atoms with Gasteiger partial charge in [-0.25, -0.2) is 9.78 Å². The molecule has 7 heteroatoms. The molecule has 0 aliphatic rings. The summed E-state index contributed by atoms with van der Waals surface area (Å²) < 4.78 is 0. The molecule has 0 saturated carbocycles. The van der Waals surface area contributed by atoms with Gasteiger partial charge in [-0.3, -0.25) is 0 Å². The molecule has 6 nitrogen and oxygen atoms in total.